The van der Waals surface area contributed by atoms with Gasteiger partial charge in [-0.2, -0.15) is 5.26 Å². The molecule has 0 N–H and O–H groups in total. The highest BCUT2D eigenvalue weighted by Crippen LogP contribution is 2.48. The number of nitriles is 1. The van der Waals surface area contributed by atoms with Crippen LogP contribution in [0, 0.1) is 21.4 Å². The number of carbonyl (C=O) groups is 1. The van der Waals surface area contributed by atoms with Crippen molar-refractivity contribution in [2.24, 2.45) is 0 Å². The van der Waals surface area contributed by atoms with Crippen molar-refractivity contribution < 1.29 is 19.2 Å². The second kappa shape index (κ2) is 11.1. The van der Waals surface area contributed by atoms with Gasteiger partial charge in [0.1, 0.15) is 6.61 Å². The smallest absolute Gasteiger partial charge is 0.272 e. The summed E-state index contributed by atoms with van der Waals surface area (Å²) in [6.45, 7) is 0.178. The molecule has 40 heavy (non-hydrogen) atoms. The van der Waals surface area contributed by atoms with Gasteiger partial charge in [-0.1, -0.05) is 72.8 Å². The predicted octanol–water partition coefficient (Wildman–Crippen LogP) is 6.27. The Labute approximate surface area is 231 Å². The third-order valence-electron chi connectivity index (χ3n) is 6.89. The minimum atomic E-state index is -1.70. The summed E-state index contributed by atoms with van der Waals surface area (Å²) in [4.78, 5) is 26.8. The van der Waals surface area contributed by atoms with Crippen LogP contribution in [0.1, 0.15) is 32.6 Å². The summed E-state index contributed by atoms with van der Waals surface area (Å²) in [6.07, 6.45) is 3.13. The third-order valence-corrected chi connectivity index (χ3v) is 6.89. The molecule has 5 rings (SSSR count). The molecule has 0 fully saturated rings. The van der Waals surface area contributed by atoms with E-state index in [0.29, 0.717) is 33.8 Å². The number of carbonyl (C=O) groups excluding carboxylic acids is 1. The van der Waals surface area contributed by atoms with Crippen LogP contribution in [0.3, 0.4) is 0 Å². The van der Waals surface area contributed by atoms with Crippen molar-refractivity contribution in [3.63, 3.8) is 0 Å². The van der Waals surface area contributed by atoms with Gasteiger partial charge in [-0.3, -0.25) is 19.8 Å². The SMILES string of the molecule is COc1ccc2c(c1OCc1ccccc1)C(C#N)(Cc1ccccc1[N+](=O)[O-])N(C(=O)c1ccccc1)C=C2. The number of ether oxygens (including phenoxy) is 2. The molecule has 4 aromatic carbocycles. The Kier molecular flexibility index (Phi) is 7.29. The third kappa shape index (κ3) is 4.76. The van der Waals surface area contributed by atoms with E-state index in [1.54, 1.807) is 72.9 Å². The Hall–Kier alpha value is -5.42. The van der Waals surface area contributed by atoms with Crippen molar-refractivity contribution >= 4 is 17.7 Å². The normalized spacial score (nSPS) is 15.6. The number of fused-ring (bicyclic) bond motifs is 1. The molecule has 0 saturated carbocycles. The Morgan fingerprint density at radius 3 is 2.33 bits per heavy atom. The number of para-hydroxylation sites is 1. The van der Waals surface area contributed by atoms with Gasteiger partial charge in [0.2, 0.25) is 0 Å². The maximum atomic E-state index is 14.0. The number of rotatable bonds is 8. The average molecular weight is 532 g/mol. The number of methoxy groups -OCH3 is 1. The maximum Gasteiger partial charge on any atom is 0.272 e. The molecule has 198 valence electrons. The van der Waals surface area contributed by atoms with Gasteiger partial charge in [-0.05, 0) is 35.4 Å². The van der Waals surface area contributed by atoms with Crippen LogP contribution < -0.4 is 9.47 Å². The molecule has 1 heterocycles. The number of nitrogens with zero attached hydrogens (tertiary/aromatic N) is 3. The molecule has 1 aliphatic rings. The molecular weight excluding hydrogens is 506 g/mol. The first-order valence-corrected chi connectivity index (χ1v) is 12.6. The van der Waals surface area contributed by atoms with Gasteiger partial charge >= 0.3 is 0 Å². The van der Waals surface area contributed by atoms with Gasteiger partial charge in [0.15, 0.2) is 17.0 Å². The highest BCUT2D eigenvalue weighted by molar-refractivity contribution is 5.97. The van der Waals surface area contributed by atoms with Crippen LogP contribution in [0.4, 0.5) is 5.69 Å². The Morgan fingerprint density at radius 1 is 0.975 bits per heavy atom. The minimum Gasteiger partial charge on any atom is -0.493 e. The van der Waals surface area contributed by atoms with Crippen molar-refractivity contribution in [2.75, 3.05) is 7.11 Å². The zero-order chi connectivity index (χ0) is 28.1. The molecule has 8 nitrogen and oxygen atoms in total. The number of benzene rings is 4. The first kappa shape index (κ1) is 26.2. The molecule has 1 aliphatic heterocycles. The van der Waals surface area contributed by atoms with E-state index in [0.717, 1.165) is 5.56 Å². The van der Waals surface area contributed by atoms with Crippen LogP contribution in [-0.4, -0.2) is 22.8 Å². The minimum absolute atomic E-state index is 0.144. The molecule has 0 radical (unpaired) electrons. The van der Waals surface area contributed by atoms with Crippen molar-refractivity contribution in [2.45, 2.75) is 18.6 Å². The summed E-state index contributed by atoms with van der Waals surface area (Å²) in [7, 11) is 1.50. The fourth-order valence-electron chi connectivity index (χ4n) is 4.98. The van der Waals surface area contributed by atoms with Crippen molar-refractivity contribution in [3.8, 4) is 17.6 Å². The highest BCUT2D eigenvalue weighted by atomic mass is 16.6. The van der Waals surface area contributed by atoms with Crippen LogP contribution in [0.2, 0.25) is 0 Å². The standard InChI is InChI=1S/C32H25N3O5/c1-39-28-17-16-24-18-19-34(31(36)25-12-6-3-7-13-25)32(22-33,20-26-14-8-9-15-27(26)35(37)38)29(24)30(28)40-21-23-10-4-2-5-11-23/h2-19H,20-21H2,1H3. The molecule has 0 aromatic heterocycles. The fourth-order valence-corrected chi connectivity index (χ4v) is 4.98. The fraction of sp³-hybridized carbons (Fsp3) is 0.125. The zero-order valence-corrected chi connectivity index (χ0v) is 21.7. The number of hydrogen-bond donors (Lipinski definition) is 0. The molecular formula is C32H25N3O5. The van der Waals surface area contributed by atoms with Gasteiger partial charge < -0.3 is 9.47 Å². The lowest BCUT2D eigenvalue weighted by Gasteiger charge is -2.41. The average Bonchev–Trinajstić information content (AvgIpc) is 3.00. The van der Waals surface area contributed by atoms with Crippen LogP contribution >= 0.6 is 0 Å². The van der Waals surface area contributed by atoms with E-state index in [2.05, 4.69) is 6.07 Å². The lowest BCUT2D eigenvalue weighted by Crippen LogP contribution is -2.49. The summed E-state index contributed by atoms with van der Waals surface area (Å²) in [6, 6.07) is 30.3. The molecule has 1 atom stereocenters. The molecule has 0 spiro atoms. The molecule has 1 unspecified atom stereocenters. The van der Waals surface area contributed by atoms with Gasteiger partial charge in [0.25, 0.3) is 11.6 Å². The summed E-state index contributed by atoms with van der Waals surface area (Å²) >= 11 is 0. The Bertz CT molecular complexity index is 1630. The molecule has 0 bridgehead atoms. The van der Waals surface area contributed by atoms with Crippen LogP contribution in [-0.2, 0) is 18.6 Å². The Balaban J connectivity index is 1.73. The van der Waals surface area contributed by atoms with Crippen molar-refractivity contribution in [3.05, 3.63) is 141 Å². The molecule has 0 saturated heterocycles. The van der Waals surface area contributed by atoms with Crippen molar-refractivity contribution in [1.29, 1.82) is 5.26 Å². The van der Waals surface area contributed by atoms with Crippen LogP contribution in [0.5, 0.6) is 11.5 Å². The molecule has 1 amide bonds. The van der Waals surface area contributed by atoms with Gasteiger partial charge in [-0.15, -0.1) is 0 Å². The second-order valence-corrected chi connectivity index (χ2v) is 9.23. The van der Waals surface area contributed by atoms with Crippen LogP contribution in [0.25, 0.3) is 6.08 Å². The van der Waals surface area contributed by atoms with Crippen LogP contribution in [0.15, 0.2) is 103 Å². The molecule has 4 aromatic rings. The van der Waals surface area contributed by atoms with Gasteiger partial charge in [0, 0.05) is 35.4 Å². The lowest BCUT2D eigenvalue weighted by atomic mass is 9.77. The van der Waals surface area contributed by atoms with E-state index < -0.39 is 16.4 Å². The van der Waals surface area contributed by atoms with E-state index in [1.807, 2.05) is 30.3 Å². The molecule has 0 aliphatic carbocycles. The first-order valence-electron chi connectivity index (χ1n) is 12.6. The van der Waals surface area contributed by atoms with E-state index in [9.17, 15) is 20.2 Å². The van der Waals surface area contributed by atoms with Gasteiger partial charge in [-0.25, -0.2) is 0 Å². The summed E-state index contributed by atoms with van der Waals surface area (Å²) in [5.41, 5.74) is 0.757. The number of amides is 1. The van der Waals surface area contributed by atoms with E-state index in [1.165, 1.54) is 18.1 Å². The maximum absolute atomic E-state index is 14.0. The number of hydrogen-bond acceptors (Lipinski definition) is 6. The Morgan fingerprint density at radius 2 is 1.65 bits per heavy atom. The van der Waals surface area contributed by atoms with Crippen molar-refractivity contribution in [1.82, 2.24) is 4.90 Å². The predicted molar refractivity (Wildman–Crippen MR) is 150 cm³/mol. The summed E-state index contributed by atoms with van der Waals surface area (Å²) in [5.74, 6) is 0.234. The van der Waals surface area contributed by atoms with E-state index in [4.69, 9.17) is 9.47 Å². The quantitative estimate of drug-likeness (QED) is 0.196. The zero-order valence-electron chi connectivity index (χ0n) is 21.7. The van der Waals surface area contributed by atoms with E-state index in [-0.39, 0.29) is 18.7 Å². The first-order chi connectivity index (χ1) is 19.5. The highest BCUT2D eigenvalue weighted by Gasteiger charge is 2.48. The second-order valence-electron chi connectivity index (χ2n) is 9.23. The lowest BCUT2D eigenvalue weighted by molar-refractivity contribution is -0.385. The summed E-state index contributed by atoms with van der Waals surface area (Å²) < 4.78 is 12.0. The van der Waals surface area contributed by atoms with Gasteiger partial charge in [0.05, 0.1) is 18.1 Å². The number of nitro benzene ring substituents is 1. The molecule has 8 heteroatoms. The topological polar surface area (TPSA) is 106 Å². The van der Waals surface area contributed by atoms with E-state index >= 15 is 0 Å². The summed E-state index contributed by atoms with van der Waals surface area (Å²) in [5, 5.41) is 22.9. The largest absolute Gasteiger partial charge is 0.493 e. The monoisotopic (exact) mass is 531 g/mol. The number of nitro groups is 1.